The lowest BCUT2D eigenvalue weighted by Crippen LogP contribution is -2.54. The number of hydrogen-bond acceptors (Lipinski definition) is 3. The molecule has 0 bridgehead atoms. The molecule has 17 heavy (non-hydrogen) atoms. The van der Waals surface area contributed by atoms with Crippen molar-refractivity contribution in [3.63, 3.8) is 0 Å². The summed E-state index contributed by atoms with van der Waals surface area (Å²) in [6.45, 7) is 0.264. The smallest absolute Gasteiger partial charge is 0.242 e. The summed E-state index contributed by atoms with van der Waals surface area (Å²) in [5.41, 5.74) is 5.59. The third kappa shape index (κ3) is 2.80. The standard InChI is InChI=1S/C11H15ClN2O2S/c12-9-4-1-2-5-10(9)17(15,16)14-8-11(13)6-3-7-11/h1-2,4-5,14H,3,6-8,13H2. The van der Waals surface area contributed by atoms with Crippen molar-refractivity contribution in [3.8, 4) is 0 Å². The van der Waals surface area contributed by atoms with E-state index in [1.54, 1.807) is 18.2 Å². The first-order chi connectivity index (χ1) is 7.93. The predicted octanol–water partition coefficient (Wildman–Crippen LogP) is 1.50. The maximum atomic E-state index is 12.0. The number of nitrogens with two attached hydrogens (primary N) is 1. The predicted molar refractivity (Wildman–Crippen MR) is 67.4 cm³/mol. The molecule has 94 valence electrons. The van der Waals surface area contributed by atoms with Gasteiger partial charge in [-0.1, -0.05) is 23.7 Å². The molecule has 0 unspecified atom stereocenters. The highest BCUT2D eigenvalue weighted by Gasteiger charge is 2.33. The van der Waals surface area contributed by atoms with Gasteiger partial charge < -0.3 is 5.73 Å². The molecule has 1 aliphatic carbocycles. The summed E-state index contributed by atoms with van der Waals surface area (Å²) < 4.78 is 26.5. The molecule has 0 aromatic heterocycles. The second-order valence-electron chi connectivity index (χ2n) is 4.47. The highest BCUT2D eigenvalue weighted by atomic mass is 35.5. The number of halogens is 1. The molecule has 0 radical (unpaired) electrons. The quantitative estimate of drug-likeness (QED) is 0.874. The van der Waals surface area contributed by atoms with Crippen LogP contribution in [0, 0.1) is 0 Å². The van der Waals surface area contributed by atoms with Crippen LogP contribution in [-0.4, -0.2) is 20.5 Å². The monoisotopic (exact) mass is 274 g/mol. The summed E-state index contributed by atoms with van der Waals surface area (Å²) >= 11 is 5.86. The fourth-order valence-electron chi connectivity index (χ4n) is 1.79. The van der Waals surface area contributed by atoms with E-state index in [1.807, 2.05) is 0 Å². The average Bonchev–Trinajstić information content (AvgIpc) is 2.24. The number of rotatable bonds is 4. The van der Waals surface area contributed by atoms with Gasteiger partial charge in [-0.2, -0.15) is 0 Å². The van der Waals surface area contributed by atoms with Gasteiger partial charge in [0.2, 0.25) is 10.0 Å². The SMILES string of the molecule is NC1(CNS(=O)(=O)c2ccccc2Cl)CCC1. The van der Waals surface area contributed by atoms with E-state index in [2.05, 4.69) is 4.72 Å². The van der Waals surface area contributed by atoms with E-state index in [9.17, 15) is 8.42 Å². The molecule has 0 saturated heterocycles. The van der Waals surface area contributed by atoms with Crippen molar-refractivity contribution in [1.29, 1.82) is 0 Å². The third-order valence-corrected chi connectivity index (χ3v) is 4.99. The van der Waals surface area contributed by atoms with Crippen LogP contribution >= 0.6 is 11.6 Å². The molecule has 0 amide bonds. The van der Waals surface area contributed by atoms with Crippen LogP contribution in [0.2, 0.25) is 5.02 Å². The van der Waals surface area contributed by atoms with Gasteiger partial charge in [0, 0.05) is 12.1 Å². The Labute approximate surface area is 106 Å². The van der Waals surface area contributed by atoms with E-state index in [4.69, 9.17) is 17.3 Å². The maximum Gasteiger partial charge on any atom is 0.242 e. The van der Waals surface area contributed by atoms with E-state index in [0.717, 1.165) is 19.3 Å². The Morgan fingerprint density at radius 2 is 2.00 bits per heavy atom. The summed E-state index contributed by atoms with van der Waals surface area (Å²) in [5, 5.41) is 0.222. The first-order valence-corrected chi connectivity index (χ1v) is 7.32. The van der Waals surface area contributed by atoms with Crippen molar-refractivity contribution >= 4 is 21.6 Å². The van der Waals surface area contributed by atoms with Gasteiger partial charge in [0.05, 0.1) is 5.02 Å². The molecular formula is C11H15ClN2O2S. The minimum Gasteiger partial charge on any atom is -0.324 e. The van der Waals surface area contributed by atoms with Crippen molar-refractivity contribution in [2.45, 2.75) is 29.7 Å². The van der Waals surface area contributed by atoms with E-state index >= 15 is 0 Å². The maximum absolute atomic E-state index is 12.0. The lowest BCUT2D eigenvalue weighted by molar-refractivity contribution is 0.251. The molecule has 1 aromatic carbocycles. The fraction of sp³-hybridized carbons (Fsp3) is 0.455. The third-order valence-electron chi connectivity index (χ3n) is 3.09. The molecule has 6 heteroatoms. The molecule has 0 aliphatic heterocycles. The summed E-state index contributed by atoms with van der Waals surface area (Å²) in [6.07, 6.45) is 2.78. The molecular weight excluding hydrogens is 260 g/mol. The molecule has 1 saturated carbocycles. The van der Waals surface area contributed by atoms with E-state index in [1.165, 1.54) is 6.07 Å². The van der Waals surface area contributed by atoms with Crippen molar-refractivity contribution in [1.82, 2.24) is 4.72 Å². The fourth-order valence-corrected chi connectivity index (χ4v) is 3.44. The van der Waals surface area contributed by atoms with E-state index in [-0.39, 0.29) is 22.0 Å². The molecule has 0 spiro atoms. The highest BCUT2D eigenvalue weighted by Crippen LogP contribution is 2.29. The van der Waals surface area contributed by atoms with Crippen LogP contribution in [0.3, 0.4) is 0 Å². The van der Waals surface area contributed by atoms with Crippen molar-refractivity contribution in [2.24, 2.45) is 5.73 Å². The zero-order valence-corrected chi connectivity index (χ0v) is 10.9. The summed E-state index contributed by atoms with van der Waals surface area (Å²) in [6, 6.07) is 6.37. The van der Waals surface area contributed by atoms with Crippen molar-refractivity contribution in [2.75, 3.05) is 6.54 Å². The summed E-state index contributed by atoms with van der Waals surface area (Å²) in [7, 11) is -3.56. The lowest BCUT2D eigenvalue weighted by atomic mass is 9.78. The second-order valence-corrected chi connectivity index (χ2v) is 6.61. The first-order valence-electron chi connectivity index (χ1n) is 5.46. The minimum atomic E-state index is -3.56. The van der Waals surface area contributed by atoms with Crippen LogP contribution in [-0.2, 0) is 10.0 Å². The molecule has 0 heterocycles. The van der Waals surface area contributed by atoms with Crippen LogP contribution in [0.25, 0.3) is 0 Å². The Hall–Kier alpha value is -0.620. The van der Waals surface area contributed by atoms with Crippen molar-refractivity contribution in [3.05, 3.63) is 29.3 Å². The Morgan fingerprint density at radius 1 is 1.35 bits per heavy atom. The number of sulfonamides is 1. The Morgan fingerprint density at radius 3 is 2.53 bits per heavy atom. The van der Waals surface area contributed by atoms with Crippen LogP contribution < -0.4 is 10.5 Å². The van der Waals surface area contributed by atoms with Gasteiger partial charge in [-0.3, -0.25) is 0 Å². The largest absolute Gasteiger partial charge is 0.324 e. The van der Waals surface area contributed by atoms with Crippen LogP contribution in [0.5, 0.6) is 0 Å². The van der Waals surface area contributed by atoms with Gasteiger partial charge in [0.25, 0.3) is 0 Å². The van der Waals surface area contributed by atoms with E-state index in [0.29, 0.717) is 0 Å². The summed E-state index contributed by atoms with van der Waals surface area (Å²) in [4.78, 5) is 0.101. The minimum absolute atomic E-state index is 0.101. The number of hydrogen-bond donors (Lipinski definition) is 2. The Bertz CT molecular complexity index is 512. The number of nitrogens with one attached hydrogen (secondary N) is 1. The van der Waals surface area contributed by atoms with Crippen LogP contribution in [0.1, 0.15) is 19.3 Å². The molecule has 3 N–H and O–H groups in total. The molecule has 1 aromatic rings. The van der Waals surface area contributed by atoms with Gasteiger partial charge in [0.15, 0.2) is 0 Å². The first kappa shape index (κ1) is 12.8. The highest BCUT2D eigenvalue weighted by molar-refractivity contribution is 7.89. The molecule has 1 aliphatic rings. The van der Waals surface area contributed by atoms with E-state index < -0.39 is 10.0 Å². The van der Waals surface area contributed by atoms with Gasteiger partial charge in [-0.15, -0.1) is 0 Å². The lowest BCUT2D eigenvalue weighted by Gasteiger charge is -2.38. The molecule has 0 atom stereocenters. The average molecular weight is 275 g/mol. The normalized spacial score (nSPS) is 18.7. The zero-order chi connectivity index (χ0) is 12.5. The zero-order valence-electron chi connectivity index (χ0n) is 9.32. The number of benzene rings is 1. The topological polar surface area (TPSA) is 72.2 Å². The van der Waals surface area contributed by atoms with Gasteiger partial charge in [0.1, 0.15) is 4.90 Å². The Balaban J connectivity index is 2.12. The van der Waals surface area contributed by atoms with Crippen LogP contribution in [0.15, 0.2) is 29.2 Å². The van der Waals surface area contributed by atoms with Gasteiger partial charge in [-0.25, -0.2) is 13.1 Å². The van der Waals surface area contributed by atoms with Crippen LogP contribution in [0.4, 0.5) is 0 Å². The van der Waals surface area contributed by atoms with Crippen molar-refractivity contribution < 1.29 is 8.42 Å². The Kier molecular flexibility index (Phi) is 3.45. The second kappa shape index (κ2) is 4.57. The van der Waals surface area contributed by atoms with Gasteiger partial charge in [-0.05, 0) is 31.4 Å². The summed E-state index contributed by atoms with van der Waals surface area (Å²) in [5.74, 6) is 0. The molecule has 2 rings (SSSR count). The molecule has 4 nitrogen and oxygen atoms in total. The molecule has 1 fully saturated rings. The van der Waals surface area contributed by atoms with Gasteiger partial charge >= 0.3 is 0 Å².